The summed E-state index contributed by atoms with van der Waals surface area (Å²) in [6.07, 6.45) is -0.251. The van der Waals surface area contributed by atoms with Crippen LogP contribution < -0.4 is 4.74 Å². The van der Waals surface area contributed by atoms with Gasteiger partial charge in [0.2, 0.25) is 0 Å². The van der Waals surface area contributed by atoms with Crippen LogP contribution in [0.15, 0.2) is 40.9 Å². The fourth-order valence-corrected chi connectivity index (χ4v) is 2.57. The van der Waals surface area contributed by atoms with Gasteiger partial charge in [-0.3, -0.25) is 0 Å². The lowest BCUT2D eigenvalue weighted by molar-refractivity contribution is 0.178. The molecule has 1 atom stereocenters. The molecule has 0 fully saturated rings. The summed E-state index contributed by atoms with van der Waals surface area (Å²) < 4.78 is 19.0. The molecule has 106 valence electrons. The number of halogens is 2. The van der Waals surface area contributed by atoms with Gasteiger partial charge in [-0.2, -0.15) is 0 Å². The van der Waals surface area contributed by atoms with E-state index in [2.05, 4.69) is 15.9 Å². The minimum atomic E-state index is -0.661. The maximum absolute atomic E-state index is 13.0. The van der Waals surface area contributed by atoms with E-state index >= 15 is 0 Å². The van der Waals surface area contributed by atoms with Crippen LogP contribution in [-0.2, 0) is 6.42 Å². The van der Waals surface area contributed by atoms with E-state index in [0.29, 0.717) is 10.9 Å². The number of aliphatic hydroxyl groups is 1. The van der Waals surface area contributed by atoms with Crippen molar-refractivity contribution >= 4 is 15.9 Å². The summed E-state index contributed by atoms with van der Waals surface area (Å²) in [5.74, 6) is 0.451. The molecule has 2 aromatic rings. The number of benzene rings is 2. The quantitative estimate of drug-likeness (QED) is 0.905. The number of hydrogen-bond donors (Lipinski definition) is 1. The van der Waals surface area contributed by atoms with Crippen molar-refractivity contribution in [2.75, 3.05) is 7.11 Å². The Kier molecular flexibility index (Phi) is 4.78. The summed E-state index contributed by atoms with van der Waals surface area (Å²) in [5, 5.41) is 10.3. The van der Waals surface area contributed by atoms with Crippen molar-refractivity contribution in [1.82, 2.24) is 0 Å². The molecule has 0 spiro atoms. The second-order valence-corrected chi connectivity index (χ2v) is 5.54. The molecule has 1 N–H and O–H groups in total. The molecule has 0 aliphatic heterocycles. The van der Waals surface area contributed by atoms with Crippen molar-refractivity contribution in [2.45, 2.75) is 19.4 Å². The lowest BCUT2D eigenvalue weighted by atomic mass is 10.00. The van der Waals surface area contributed by atoms with Gasteiger partial charge in [-0.15, -0.1) is 0 Å². The van der Waals surface area contributed by atoms with Gasteiger partial charge in [-0.25, -0.2) is 4.39 Å². The van der Waals surface area contributed by atoms with Crippen molar-refractivity contribution in [3.05, 3.63) is 63.4 Å². The molecule has 0 saturated heterocycles. The Hall–Kier alpha value is -1.39. The Labute approximate surface area is 126 Å². The summed E-state index contributed by atoms with van der Waals surface area (Å²) in [7, 11) is 1.61. The lowest BCUT2D eigenvalue weighted by Crippen LogP contribution is -2.03. The Morgan fingerprint density at radius 1 is 1.25 bits per heavy atom. The van der Waals surface area contributed by atoms with Crippen LogP contribution in [0.3, 0.4) is 0 Å². The smallest absolute Gasteiger partial charge is 0.124 e. The zero-order valence-corrected chi connectivity index (χ0v) is 12.9. The third-order valence-electron chi connectivity index (χ3n) is 3.25. The van der Waals surface area contributed by atoms with Gasteiger partial charge in [-0.05, 0) is 41.8 Å². The van der Waals surface area contributed by atoms with Crippen molar-refractivity contribution in [3.63, 3.8) is 0 Å². The number of ether oxygens (including phenoxy) is 1. The zero-order valence-electron chi connectivity index (χ0n) is 11.4. The second-order valence-electron chi connectivity index (χ2n) is 4.68. The molecule has 2 rings (SSSR count). The Morgan fingerprint density at radius 2 is 2.00 bits per heavy atom. The van der Waals surface area contributed by atoms with E-state index in [9.17, 15) is 9.50 Å². The maximum atomic E-state index is 13.0. The van der Waals surface area contributed by atoms with E-state index in [0.717, 1.165) is 22.4 Å². The first-order chi connectivity index (χ1) is 9.51. The van der Waals surface area contributed by atoms with E-state index in [1.165, 1.54) is 12.1 Å². The lowest BCUT2D eigenvalue weighted by Gasteiger charge is -2.14. The fourth-order valence-electron chi connectivity index (χ4n) is 2.06. The Morgan fingerprint density at radius 3 is 2.65 bits per heavy atom. The molecule has 2 aromatic carbocycles. The summed E-state index contributed by atoms with van der Waals surface area (Å²) in [5.41, 5.74) is 2.66. The van der Waals surface area contributed by atoms with E-state index < -0.39 is 6.10 Å². The van der Waals surface area contributed by atoms with Gasteiger partial charge in [0, 0.05) is 10.9 Å². The Bertz CT molecular complexity index is 613. The van der Waals surface area contributed by atoms with Crippen molar-refractivity contribution < 1.29 is 14.2 Å². The Balaban J connectivity index is 2.21. The van der Waals surface area contributed by atoms with E-state index in [4.69, 9.17) is 4.74 Å². The molecule has 0 amide bonds. The largest absolute Gasteiger partial charge is 0.496 e. The third kappa shape index (κ3) is 3.38. The van der Waals surface area contributed by atoms with Crippen molar-refractivity contribution in [1.29, 1.82) is 0 Å². The number of methoxy groups -OCH3 is 1. The predicted molar refractivity (Wildman–Crippen MR) is 80.5 cm³/mol. The van der Waals surface area contributed by atoms with Gasteiger partial charge in [0.25, 0.3) is 0 Å². The average molecular weight is 339 g/mol. The monoisotopic (exact) mass is 338 g/mol. The van der Waals surface area contributed by atoms with Crippen molar-refractivity contribution in [3.8, 4) is 5.75 Å². The van der Waals surface area contributed by atoms with Gasteiger partial charge in [0.15, 0.2) is 0 Å². The summed E-state index contributed by atoms with van der Waals surface area (Å²) in [6, 6.07) is 10.1. The number of aliphatic hydroxyl groups excluding tert-OH is 1. The molecule has 0 heterocycles. The van der Waals surface area contributed by atoms with Crippen molar-refractivity contribution in [2.24, 2.45) is 0 Å². The highest BCUT2D eigenvalue weighted by molar-refractivity contribution is 9.10. The van der Waals surface area contributed by atoms with E-state index in [-0.39, 0.29) is 5.82 Å². The second kappa shape index (κ2) is 6.37. The maximum Gasteiger partial charge on any atom is 0.124 e. The SMILES string of the molecule is COc1cc(C(O)Cc2ccc(F)cc2Br)ccc1C. The van der Waals surface area contributed by atoms with E-state index in [1.807, 2.05) is 25.1 Å². The minimum Gasteiger partial charge on any atom is -0.496 e. The molecule has 0 bridgehead atoms. The first-order valence-electron chi connectivity index (χ1n) is 6.28. The summed E-state index contributed by atoms with van der Waals surface area (Å²) >= 11 is 3.31. The zero-order chi connectivity index (χ0) is 14.7. The highest BCUT2D eigenvalue weighted by Gasteiger charge is 2.13. The molecule has 0 aromatic heterocycles. The van der Waals surface area contributed by atoms with E-state index in [1.54, 1.807) is 13.2 Å². The van der Waals surface area contributed by atoms with Gasteiger partial charge >= 0.3 is 0 Å². The summed E-state index contributed by atoms with van der Waals surface area (Å²) in [6.45, 7) is 1.95. The van der Waals surface area contributed by atoms with Crippen LogP contribution >= 0.6 is 15.9 Å². The molecule has 0 saturated carbocycles. The molecular weight excluding hydrogens is 323 g/mol. The average Bonchev–Trinajstić information content (AvgIpc) is 2.42. The molecule has 0 aliphatic rings. The van der Waals surface area contributed by atoms with Crippen LogP contribution in [0.4, 0.5) is 4.39 Å². The predicted octanol–water partition coefficient (Wildman–Crippen LogP) is 4.18. The standard InChI is InChI=1S/C16H16BrFO2/c1-10-3-4-12(8-16(10)20-2)15(19)7-11-5-6-13(18)9-14(11)17/h3-6,8-9,15,19H,7H2,1-2H3. The van der Waals surface area contributed by atoms with Crippen LogP contribution in [-0.4, -0.2) is 12.2 Å². The van der Waals surface area contributed by atoms with Crippen LogP contribution in [0.5, 0.6) is 5.75 Å². The molecule has 20 heavy (non-hydrogen) atoms. The number of rotatable bonds is 4. The van der Waals surface area contributed by atoms with Gasteiger partial charge < -0.3 is 9.84 Å². The molecule has 4 heteroatoms. The minimum absolute atomic E-state index is 0.299. The van der Waals surface area contributed by atoms with Gasteiger partial charge in [-0.1, -0.05) is 34.1 Å². The normalized spacial score (nSPS) is 12.2. The molecule has 1 unspecified atom stereocenters. The van der Waals surface area contributed by atoms with Crippen LogP contribution in [0.25, 0.3) is 0 Å². The van der Waals surface area contributed by atoms with Crippen LogP contribution in [0.2, 0.25) is 0 Å². The topological polar surface area (TPSA) is 29.5 Å². The molecule has 2 nitrogen and oxygen atoms in total. The number of hydrogen-bond acceptors (Lipinski definition) is 2. The fraction of sp³-hybridized carbons (Fsp3) is 0.250. The molecule has 0 aliphatic carbocycles. The third-order valence-corrected chi connectivity index (χ3v) is 3.98. The van der Waals surface area contributed by atoms with Crippen LogP contribution in [0.1, 0.15) is 22.8 Å². The van der Waals surface area contributed by atoms with Crippen LogP contribution in [0, 0.1) is 12.7 Å². The first-order valence-corrected chi connectivity index (χ1v) is 7.07. The number of aryl methyl sites for hydroxylation is 1. The van der Waals surface area contributed by atoms with Gasteiger partial charge in [0.1, 0.15) is 11.6 Å². The summed E-state index contributed by atoms with van der Waals surface area (Å²) in [4.78, 5) is 0. The molecule has 0 radical (unpaired) electrons. The first kappa shape index (κ1) is 15.0. The van der Waals surface area contributed by atoms with Gasteiger partial charge in [0.05, 0.1) is 13.2 Å². The highest BCUT2D eigenvalue weighted by Crippen LogP contribution is 2.28. The molecular formula is C16H16BrFO2. The highest BCUT2D eigenvalue weighted by atomic mass is 79.9.